The third-order valence-corrected chi connectivity index (χ3v) is 2.20. The van der Waals surface area contributed by atoms with Crippen LogP contribution in [-0.2, 0) is 16.0 Å². The van der Waals surface area contributed by atoms with Gasteiger partial charge in [0.25, 0.3) is 0 Å². The molecule has 0 amide bonds. The lowest BCUT2D eigenvalue weighted by atomic mass is 10.0. The van der Waals surface area contributed by atoms with Crippen molar-refractivity contribution in [3.8, 4) is 0 Å². The summed E-state index contributed by atoms with van der Waals surface area (Å²) >= 11 is 0. The first-order valence-electron chi connectivity index (χ1n) is 7.00. The molecule has 0 fully saturated rings. The van der Waals surface area contributed by atoms with Gasteiger partial charge in [-0.05, 0) is 38.7 Å². The van der Waals surface area contributed by atoms with E-state index in [2.05, 4.69) is 44.2 Å². The van der Waals surface area contributed by atoms with Crippen molar-refractivity contribution in [1.29, 1.82) is 0 Å². The maximum absolute atomic E-state index is 10.6. The maximum atomic E-state index is 10.6. The Hall–Kier alpha value is -1.31. The first-order valence-corrected chi connectivity index (χ1v) is 7.00. The normalized spacial score (nSPS) is 10.7. The molecule has 0 radical (unpaired) electrons. The van der Waals surface area contributed by atoms with Gasteiger partial charge in [0, 0.05) is 6.42 Å². The Morgan fingerprint density at radius 1 is 1.16 bits per heavy atom. The monoisotopic (exact) mass is 264 g/mol. The summed E-state index contributed by atoms with van der Waals surface area (Å²) in [7, 11) is 0. The van der Waals surface area contributed by atoms with Crippen LogP contribution in [-0.4, -0.2) is 11.6 Å². The summed E-state index contributed by atoms with van der Waals surface area (Å²) in [6, 6.07) is 10.6. The molecular weight excluding hydrogens is 236 g/mol. The zero-order valence-corrected chi connectivity index (χ0v) is 13.2. The van der Waals surface area contributed by atoms with Gasteiger partial charge in [0.05, 0.1) is 0 Å². The third kappa shape index (κ3) is 11.5. The molecule has 0 spiro atoms. The van der Waals surface area contributed by atoms with E-state index in [1.807, 2.05) is 20.8 Å². The minimum absolute atomic E-state index is 0.137. The summed E-state index contributed by atoms with van der Waals surface area (Å²) in [5.41, 5.74) is 1.12. The molecule has 1 aromatic carbocycles. The van der Waals surface area contributed by atoms with E-state index in [0.29, 0.717) is 6.42 Å². The van der Waals surface area contributed by atoms with E-state index < -0.39 is 0 Å². The molecular formula is C17H28O2. The van der Waals surface area contributed by atoms with E-state index in [1.165, 1.54) is 12.0 Å². The molecule has 0 aromatic heterocycles. The number of rotatable bonds is 3. The third-order valence-electron chi connectivity index (χ3n) is 2.20. The number of hydrogen-bond donors (Lipinski definition) is 0. The fourth-order valence-corrected chi connectivity index (χ4v) is 1.50. The Morgan fingerprint density at radius 3 is 2.00 bits per heavy atom. The predicted octanol–water partition coefficient (Wildman–Crippen LogP) is 4.62. The number of carbonyl (C=O) groups excluding carboxylic acids is 1. The van der Waals surface area contributed by atoms with Crippen LogP contribution in [0.25, 0.3) is 0 Å². The zero-order valence-electron chi connectivity index (χ0n) is 13.2. The molecule has 2 nitrogen and oxygen atoms in total. The highest BCUT2D eigenvalue weighted by Gasteiger charge is 2.13. The largest absolute Gasteiger partial charge is 0.460 e. The lowest BCUT2D eigenvalue weighted by Crippen LogP contribution is -2.23. The smallest absolute Gasteiger partial charge is 0.306 e. The molecule has 0 saturated carbocycles. The molecule has 0 bridgehead atoms. The molecule has 0 heterocycles. The van der Waals surface area contributed by atoms with E-state index in [-0.39, 0.29) is 11.6 Å². The van der Waals surface area contributed by atoms with E-state index >= 15 is 0 Å². The summed E-state index contributed by atoms with van der Waals surface area (Å²) in [6.07, 6.45) is 1.65. The van der Waals surface area contributed by atoms with Crippen LogP contribution < -0.4 is 0 Å². The van der Waals surface area contributed by atoms with Crippen LogP contribution in [0.2, 0.25) is 0 Å². The summed E-state index contributed by atoms with van der Waals surface area (Å²) in [6.45, 7) is 11.9. The zero-order chi connectivity index (χ0) is 14.9. The van der Waals surface area contributed by atoms with E-state index in [1.54, 1.807) is 6.92 Å². The number of ether oxygens (including phenoxy) is 1. The van der Waals surface area contributed by atoms with Crippen molar-refractivity contribution in [1.82, 2.24) is 0 Å². The standard InChI is InChI=1S/C10H14.C7H14O2/c1-9(2)8-10-6-4-3-5-7-10;1-5-6(8)9-7(2,3)4/h3-7,9H,8H2,1-2H3;5H2,1-4H3. The SMILES string of the molecule is CC(C)Cc1ccccc1.CCC(=O)OC(C)(C)C. The van der Waals surface area contributed by atoms with E-state index in [0.717, 1.165) is 5.92 Å². The summed E-state index contributed by atoms with van der Waals surface area (Å²) in [5, 5.41) is 0. The van der Waals surface area contributed by atoms with Crippen molar-refractivity contribution in [2.45, 2.75) is 60.0 Å². The molecule has 0 N–H and O–H groups in total. The van der Waals surface area contributed by atoms with E-state index in [4.69, 9.17) is 4.74 Å². The van der Waals surface area contributed by atoms with Crippen molar-refractivity contribution in [3.05, 3.63) is 35.9 Å². The molecule has 0 unspecified atom stereocenters. The Labute approximate surface area is 118 Å². The number of hydrogen-bond acceptors (Lipinski definition) is 2. The number of benzene rings is 1. The number of esters is 1. The molecule has 0 aliphatic heterocycles. The van der Waals surface area contributed by atoms with Crippen molar-refractivity contribution in [3.63, 3.8) is 0 Å². The molecule has 1 rings (SSSR count). The Kier molecular flexibility index (Phi) is 8.13. The topological polar surface area (TPSA) is 26.3 Å². The molecule has 0 aliphatic rings. The van der Waals surface area contributed by atoms with Gasteiger partial charge >= 0.3 is 5.97 Å². The summed E-state index contributed by atoms with van der Waals surface area (Å²) < 4.78 is 4.95. The Morgan fingerprint density at radius 2 is 1.68 bits per heavy atom. The van der Waals surface area contributed by atoms with Gasteiger partial charge in [-0.2, -0.15) is 0 Å². The fraction of sp³-hybridized carbons (Fsp3) is 0.588. The van der Waals surface area contributed by atoms with Crippen LogP contribution in [0.3, 0.4) is 0 Å². The number of carbonyl (C=O) groups is 1. The van der Waals surface area contributed by atoms with Crippen molar-refractivity contribution < 1.29 is 9.53 Å². The van der Waals surface area contributed by atoms with Gasteiger partial charge in [-0.1, -0.05) is 51.1 Å². The van der Waals surface area contributed by atoms with Crippen LogP contribution in [0.5, 0.6) is 0 Å². The van der Waals surface area contributed by atoms with Gasteiger partial charge in [-0.3, -0.25) is 4.79 Å². The maximum Gasteiger partial charge on any atom is 0.306 e. The Balaban J connectivity index is 0.000000344. The highest BCUT2D eigenvalue weighted by atomic mass is 16.6. The molecule has 108 valence electrons. The van der Waals surface area contributed by atoms with Crippen molar-refractivity contribution in [2.24, 2.45) is 5.92 Å². The second-order valence-corrected chi connectivity index (χ2v) is 6.02. The fourth-order valence-electron chi connectivity index (χ4n) is 1.50. The molecule has 0 saturated heterocycles. The molecule has 1 aromatic rings. The molecule has 0 aliphatic carbocycles. The van der Waals surface area contributed by atoms with Crippen LogP contribution in [0, 0.1) is 5.92 Å². The second-order valence-electron chi connectivity index (χ2n) is 6.02. The first-order chi connectivity index (χ1) is 8.74. The van der Waals surface area contributed by atoms with Crippen LogP contribution in [0.15, 0.2) is 30.3 Å². The highest BCUT2D eigenvalue weighted by molar-refractivity contribution is 5.69. The highest BCUT2D eigenvalue weighted by Crippen LogP contribution is 2.07. The lowest BCUT2D eigenvalue weighted by molar-refractivity contribution is -0.154. The van der Waals surface area contributed by atoms with Crippen molar-refractivity contribution >= 4 is 5.97 Å². The summed E-state index contributed by atoms with van der Waals surface area (Å²) in [5.74, 6) is 0.630. The van der Waals surface area contributed by atoms with Crippen LogP contribution in [0.4, 0.5) is 0 Å². The van der Waals surface area contributed by atoms with Gasteiger partial charge in [0.1, 0.15) is 5.60 Å². The minimum Gasteiger partial charge on any atom is -0.460 e. The second kappa shape index (κ2) is 8.73. The van der Waals surface area contributed by atoms with Gasteiger partial charge < -0.3 is 4.74 Å². The molecule has 2 heteroatoms. The average molecular weight is 264 g/mol. The lowest BCUT2D eigenvalue weighted by Gasteiger charge is -2.18. The Bertz CT molecular complexity index is 347. The minimum atomic E-state index is -0.326. The van der Waals surface area contributed by atoms with Crippen LogP contribution >= 0.6 is 0 Å². The van der Waals surface area contributed by atoms with Gasteiger partial charge in [-0.25, -0.2) is 0 Å². The van der Waals surface area contributed by atoms with Crippen molar-refractivity contribution in [2.75, 3.05) is 0 Å². The first kappa shape index (κ1) is 17.7. The van der Waals surface area contributed by atoms with E-state index in [9.17, 15) is 4.79 Å². The quantitative estimate of drug-likeness (QED) is 0.744. The van der Waals surface area contributed by atoms with Gasteiger partial charge in [0.2, 0.25) is 0 Å². The predicted molar refractivity (Wildman–Crippen MR) is 81.1 cm³/mol. The van der Waals surface area contributed by atoms with Gasteiger partial charge in [-0.15, -0.1) is 0 Å². The summed E-state index contributed by atoms with van der Waals surface area (Å²) in [4.78, 5) is 10.6. The average Bonchev–Trinajstić information content (AvgIpc) is 2.28. The molecule has 0 atom stereocenters. The van der Waals surface area contributed by atoms with Crippen LogP contribution in [0.1, 0.15) is 53.5 Å². The van der Waals surface area contributed by atoms with Gasteiger partial charge in [0.15, 0.2) is 0 Å². The molecule has 19 heavy (non-hydrogen) atoms.